The molecule has 0 radical (unpaired) electrons. The molecule has 0 aliphatic carbocycles. The van der Waals surface area contributed by atoms with Crippen LogP contribution in [0.3, 0.4) is 0 Å². The lowest BCUT2D eigenvalue weighted by Crippen LogP contribution is -2.46. The Kier molecular flexibility index (Phi) is 7.35. The molecule has 1 N–H and O–H groups in total. The molecule has 0 bridgehead atoms. The smallest absolute Gasteiger partial charge is 0.252 e. The van der Waals surface area contributed by atoms with Crippen molar-refractivity contribution >= 4 is 22.6 Å². The summed E-state index contributed by atoms with van der Waals surface area (Å²) in [6, 6.07) is 20.4. The molecule has 2 heterocycles. The van der Waals surface area contributed by atoms with Crippen LogP contribution in [0.2, 0.25) is 0 Å². The highest BCUT2D eigenvalue weighted by Crippen LogP contribution is 2.24. The first kappa shape index (κ1) is 22.2. The van der Waals surface area contributed by atoms with Crippen molar-refractivity contribution in [3.8, 4) is 0 Å². The van der Waals surface area contributed by atoms with E-state index in [1.165, 1.54) is 5.56 Å². The van der Waals surface area contributed by atoms with E-state index < -0.39 is 0 Å². The minimum absolute atomic E-state index is 0.00981. The van der Waals surface area contributed by atoms with Gasteiger partial charge in [-0.2, -0.15) is 0 Å². The van der Waals surface area contributed by atoms with E-state index in [-0.39, 0.29) is 11.9 Å². The summed E-state index contributed by atoms with van der Waals surface area (Å²) < 4.78 is 5.25. The minimum atomic E-state index is -0.0727. The van der Waals surface area contributed by atoms with Crippen molar-refractivity contribution < 1.29 is 9.53 Å². The SMILES string of the molecule is CC[C@@H](COC)NC(=O)c1cc(N2CCN(Cc3ccccc3)CC2)nc2ccccc12. The number of para-hydroxylation sites is 1. The van der Waals surface area contributed by atoms with Crippen molar-refractivity contribution in [2.45, 2.75) is 25.9 Å². The number of anilines is 1. The molecule has 0 unspecified atom stereocenters. The molecule has 0 spiro atoms. The Labute approximate surface area is 190 Å². The summed E-state index contributed by atoms with van der Waals surface area (Å²) in [4.78, 5) is 22.8. The summed E-state index contributed by atoms with van der Waals surface area (Å²) in [5.74, 6) is 0.796. The van der Waals surface area contributed by atoms with Gasteiger partial charge in [0, 0.05) is 45.2 Å². The van der Waals surface area contributed by atoms with Gasteiger partial charge in [-0.1, -0.05) is 55.5 Å². The van der Waals surface area contributed by atoms with E-state index in [1.54, 1.807) is 7.11 Å². The van der Waals surface area contributed by atoms with Crippen molar-refractivity contribution in [1.29, 1.82) is 0 Å². The Morgan fingerprint density at radius 2 is 1.78 bits per heavy atom. The maximum atomic E-state index is 13.2. The number of carbonyl (C=O) groups excluding carboxylic acids is 1. The second kappa shape index (κ2) is 10.6. The number of benzene rings is 2. The van der Waals surface area contributed by atoms with E-state index in [0.29, 0.717) is 12.2 Å². The topological polar surface area (TPSA) is 57.7 Å². The molecule has 32 heavy (non-hydrogen) atoms. The highest BCUT2D eigenvalue weighted by molar-refractivity contribution is 6.07. The number of ether oxygens (including phenoxy) is 1. The molecule has 6 heteroatoms. The molecule has 1 atom stereocenters. The normalized spacial score (nSPS) is 15.6. The van der Waals surface area contributed by atoms with E-state index in [9.17, 15) is 4.79 Å². The fraction of sp³-hybridized carbons (Fsp3) is 0.385. The number of rotatable bonds is 8. The Hall–Kier alpha value is -2.96. The molecule has 3 aromatic rings. The molecule has 1 aliphatic heterocycles. The third-order valence-electron chi connectivity index (χ3n) is 6.09. The Balaban J connectivity index is 1.51. The van der Waals surface area contributed by atoms with Crippen LogP contribution in [0, 0.1) is 0 Å². The predicted molar refractivity (Wildman–Crippen MR) is 129 cm³/mol. The number of amides is 1. The minimum Gasteiger partial charge on any atom is -0.383 e. The van der Waals surface area contributed by atoms with E-state index in [4.69, 9.17) is 9.72 Å². The zero-order chi connectivity index (χ0) is 22.3. The van der Waals surface area contributed by atoms with Gasteiger partial charge in [0.15, 0.2) is 0 Å². The lowest BCUT2D eigenvalue weighted by Gasteiger charge is -2.35. The van der Waals surface area contributed by atoms with Crippen LogP contribution in [-0.4, -0.2) is 61.7 Å². The first-order chi connectivity index (χ1) is 15.7. The fourth-order valence-electron chi connectivity index (χ4n) is 4.21. The quantitative estimate of drug-likeness (QED) is 0.588. The molecule has 2 aromatic carbocycles. The first-order valence-electron chi connectivity index (χ1n) is 11.4. The lowest BCUT2D eigenvalue weighted by molar-refractivity contribution is 0.0896. The first-order valence-corrected chi connectivity index (χ1v) is 11.4. The van der Waals surface area contributed by atoms with Gasteiger partial charge in [-0.15, -0.1) is 0 Å². The third-order valence-corrected chi connectivity index (χ3v) is 6.09. The third kappa shape index (κ3) is 5.26. The predicted octanol–water partition coefficient (Wildman–Crippen LogP) is 3.71. The molecule has 168 valence electrons. The van der Waals surface area contributed by atoms with Crippen LogP contribution >= 0.6 is 0 Å². The molecule has 4 rings (SSSR count). The Morgan fingerprint density at radius 1 is 1.06 bits per heavy atom. The second-order valence-corrected chi connectivity index (χ2v) is 8.33. The van der Waals surface area contributed by atoms with Crippen LogP contribution in [0.1, 0.15) is 29.3 Å². The highest BCUT2D eigenvalue weighted by atomic mass is 16.5. The number of fused-ring (bicyclic) bond motifs is 1. The van der Waals surface area contributed by atoms with Gasteiger partial charge in [-0.25, -0.2) is 4.98 Å². The summed E-state index contributed by atoms with van der Waals surface area (Å²) in [6.45, 7) is 7.23. The van der Waals surface area contributed by atoms with Gasteiger partial charge in [0.05, 0.1) is 23.7 Å². The van der Waals surface area contributed by atoms with Crippen molar-refractivity contribution in [3.63, 3.8) is 0 Å². The van der Waals surface area contributed by atoms with Crippen molar-refractivity contribution in [3.05, 3.63) is 71.8 Å². The van der Waals surface area contributed by atoms with Crippen LogP contribution in [0.4, 0.5) is 5.82 Å². The second-order valence-electron chi connectivity index (χ2n) is 8.33. The summed E-state index contributed by atoms with van der Waals surface area (Å²) in [6.07, 6.45) is 0.818. The van der Waals surface area contributed by atoms with Gasteiger partial charge < -0.3 is 15.0 Å². The maximum Gasteiger partial charge on any atom is 0.252 e. The average molecular weight is 433 g/mol. The molecular formula is C26H32N4O2. The molecule has 1 amide bonds. The van der Waals surface area contributed by atoms with Crippen molar-refractivity contribution in [2.75, 3.05) is 44.8 Å². The summed E-state index contributed by atoms with van der Waals surface area (Å²) >= 11 is 0. The molecule has 1 saturated heterocycles. The van der Waals surface area contributed by atoms with Crippen LogP contribution in [0.25, 0.3) is 10.9 Å². The van der Waals surface area contributed by atoms with E-state index in [0.717, 1.165) is 55.9 Å². The van der Waals surface area contributed by atoms with Gasteiger partial charge >= 0.3 is 0 Å². The van der Waals surface area contributed by atoms with E-state index in [1.807, 2.05) is 30.3 Å². The Morgan fingerprint density at radius 3 is 2.50 bits per heavy atom. The molecular weight excluding hydrogens is 400 g/mol. The zero-order valence-corrected chi connectivity index (χ0v) is 19.0. The summed E-state index contributed by atoms with van der Waals surface area (Å²) in [5.41, 5.74) is 2.86. The average Bonchev–Trinajstić information content (AvgIpc) is 2.84. The van der Waals surface area contributed by atoms with Gasteiger partial charge in [0.1, 0.15) is 5.82 Å². The van der Waals surface area contributed by atoms with Crippen LogP contribution in [-0.2, 0) is 11.3 Å². The standard InChI is InChI=1S/C26H32N4O2/c1-3-21(19-32-2)27-26(31)23-17-25(28-24-12-8-7-11-22(23)24)30-15-13-29(14-16-30)18-20-9-5-4-6-10-20/h4-12,17,21H,3,13-16,18-19H2,1-2H3,(H,27,31)/t21-/m0/s1. The van der Waals surface area contributed by atoms with Crippen LogP contribution in [0.5, 0.6) is 0 Å². The lowest BCUT2D eigenvalue weighted by atomic mass is 10.1. The van der Waals surface area contributed by atoms with Crippen LogP contribution in [0.15, 0.2) is 60.7 Å². The van der Waals surface area contributed by atoms with E-state index in [2.05, 4.69) is 52.4 Å². The maximum absolute atomic E-state index is 13.2. The molecule has 1 aromatic heterocycles. The number of pyridine rings is 1. The van der Waals surface area contributed by atoms with Crippen LogP contribution < -0.4 is 10.2 Å². The number of nitrogens with zero attached hydrogens (tertiary/aromatic N) is 3. The molecule has 6 nitrogen and oxygen atoms in total. The Bertz CT molecular complexity index is 1030. The van der Waals surface area contributed by atoms with E-state index >= 15 is 0 Å². The van der Waals surface area contributed by atoms with Crippen molar-refractivity contribution in [2.24, 2.45) is 0 Å². The highest BCUT2D eigenvalue weighted by Gasteiger charge is 2.22. The summed E-state index contributed by atoms with van der Waals surface area (Å²) in [7, 11) is 1.66. The number of nitrogens with one attached hydrogen (secondary N) is 1. The van der Waals surface area contributed by atoms with Gasteiger partial charge in [0.25, 0.3) is 5.91 Å². The van der Waals surface area contributed by atoms with Gasteiger partial charge in [-0.3, -0.25) is 9.69 Å². The van der Waals surface area contributed by atoms with Crippen molar-refractivity contribution in [1.82, 2.24) is 15.2 Å². The summed E-state index contributed by atoms with van der Waals surface area (Å²) in [5, 5.41) is 4.00. The fourth-order valence-corrected chi connectivity index (χ4v) is 4.21. The number of piperazine rings is 1. The number of aromatic nitrogens is 1. The number of methoxy groups -OCH3 is 1. The number of hydrogen-bond acceptors (Lipinski definition) is 5. The van der Waals surface area contributed by atoms with Gasteiger partial charge in [0.2, 0.25) is 0 Å². The molecule has 1 fully saturated rings. The number of hydrogen-bond donors (Lipinski definition) is 1. The van der Waals surface area contributed by atoms with Gasteiger partial charge in [-0.05, 0) is 24.1 Å². The largest absolute Gasteiger partial charge is 0.383 e. The molecule has 1 aliphatic rings. The number of carbonyl (C=O) groups is 1. The molecule has 0 saturated carbocycles. The zero-order valence-electron chi connectivity index (χ0n) is 19.0. The monoisotopic (exact) mass is 432 g/mol.